The molecule has 1 aromatic rings. The third-order valence-electron chi connectivity index (χ3n) is 7.37. The van der Waals surface area contributed by atoms with E-state index in [1.54, 1.807) is 9.80 Å². The summed E-state index contributed by atoms with van der Waals surface area (Å²) in [6.07, 6.45) is 7.55. The molecule has 4 aliphatic rings. The molecule has 8 nitrogen and oxygen atoms in total. The Morgan fingerprint density at radius 3 is 2.52 bits per heavy atom. The zero-order valence-electron chi connectivity index (χ0n) is 19.1. The highest BCUT2D eigenvalue weighted by molar-refractivity contribution is 6.00. The van der Waals surface area contributed by atoms with E-state index in [1.165, 1.54) is 19.3 Å². The molecule has 3 amide bonds. The molecule has 0 spiro atoms. The minimum Gasteiger partial charge on any atom is -0.486 e. The second-order valence-electron chi connectivity index (χ2n) is 9.70. The van der Waals surface area contributed by atoms with Gasteiger partial charge in [-0.25, -0.2) is 0 Å². The number of hydrogen-bond donors (Lipinski definition) is 1. The van der Waals surface area contributed by atoms with Crippen molar-refractivity contribution in [2.24, 2.45) is 11.8 Å². The van der Waals surface area contributed by atoms with E-state index >= 15 is 0 Å². The summed E-state index contributed by atoms with van der Waals surface area (Å²) in [7, 11) is 0. The molecule has 2 saturated heterocycles. The van der Waals surface area contributed by atoms with Crippen molar-refractivity contribution in [3.63, 3.8) is 0 Å². The molecule has 1 N–H and O–H groups in total. The lowest BCUT2D eigenvalue weighted by Gasteiger charge is -2.34. The third kappa shape index (κ3) is 4.80. The Kier molecular flexibility index (Phi) is 6.42. The number of piperidine rings is 1. The number of carbonyl (C=O) groups is 3. The number of ether oxygens (including phenoxy) is 2. The lowest BCUT2D eigenvalue weighted by atomic mass is 9.92. The van der Waals surface area contributed by atoms with Gasteiger partial charge in [0.2, 0.25) is 17.7 Å². The minimum atomic E-state index is -0.383. The number of hydrogen-bond acceptors (Lipinski definition) is 5. The molecular weight excluding hydrogens is 422 g/mol. The molecule has 8 heteroatoms. The van der Waals surface area contributed by atoms with Crippen LogP contribution in [0.3, 0.4) is 0 Å². The largest absolute Gasteiger partial charge is 0.486 e. The Balaban J connectivity index is 1.19. The summed E-state index contributed by atoms with van der Waals surface area (Å²) in [5, 5.41) is 3.22. The monoisotopic (exact) mass is 455 g/mol. The molecule has 0 aromatic heterocycles. The maximum atomic E-state index is 13.3. The second kappa shape index (κ2) is 9.61. The predicted octanol–water partition coefficient (Wildman–Crippen LogP) is 2.50. The topological polar surface area (TPSA) is 88.2 Å². The summed E-state index contributed by atoms with van der Waals surface area (Å²) < 4.78 is 11.2. The zero-order valence-corrected chi connectivity index (χ0v) is 19.1. The molecule has 5 rings (SSSR count). The van der Waals surface area contributed by atoms with Crippen LogP contribution < -0.4 is 19.7 Å². The van der Waals surface area contributed by atoms with Crippen LogP contribution in [0.1, 0.15) is 51.4 Å². The maximum absolute atomic E-state index is 13.3. The Morgan fingerprint density at radius 1 is 0.909 bits per heavy atom. The van der Waals surface area contributed by atoms with E-state index in [1.807, 2.05) is 18.2 Å². The summed E-state index contributed by atoms with van der Waals surface area (Å²) >= 11 is 0. The van der Waals surface area contributed by atoms with Gasteiger partial charge in [0.15, 0.2) is 11.5 Å². The summed E-state index contributed by atoms with van der Waals surface area (Å²) in [6.45, 7) is 2.46. The second-order valence-corrected chi connectivity index (χ2v) is 9.70. The molecule has 2 atom stereocenters. The van der Waals surface area contributed by atoms with Crippen LogP contribution in [0.15, 0.2) is 18.2 Å². The van der Waals surface area contributed by atoms with Crippen molar-refractivity contribution in [3.8, 4) is 11.5 Å². The molecule has 1 saturated carbocycles. The van der Waals surface area contributed by atoms with Gasteiger partial charge >= 0.3 is 0 Å². The predicted molar refractivity (Wildman–Crippen MR) is 122 cm³/mol. The normalized spacial score (nSPS) is 25.8. The van der Waals surface area contributed by atoms with Gasteiger partial charge in [-0.3, -0.25) is 14.4 Å². The lowest BCUT2D eigenvalue weighted by Crippen LogP contribution is -2.49. The number of anilines is 1. The van der Waals surface area contributed by atoms with Crippen molar-refractivity contribution in [3.05, 3.63) is 18.2 Å². The van der Waals surface area contributed by atoms with Crippen LogP contribution in [-0.4, -0.2) is 61.5 Å². The van der Waals surface area contributed by atoms with Gasteiger partial charge in [0.05, 0.1) is 11.8 Å². The molecule has 1 aliphatic carbocycles. The van der Waals surface area contributed by atoms with E-state index < -0.39 is 0 Å². The summed E-state index contributed by atoms with van der Waals surface area (Å²) in [4.78, 5) is 42.3. The first-order valence-electron chi connectivity index (χ1n) is 12.4. The van der Waals surface area contributed by atoms with Crippen molar-refractivity contribution >= 4 is 23.4 Å². The number of amides is 3. The smallest absolute Gasteiger partial charge is 0.228 e. The summed E-state index contributed by atoms with van der Waals surface area (Å²) in [5.41, 5.74) is 0.725. The van der Waals surface area contributed by atoms with Crippen molar-refractivity contribution < 1.29 is 23.9 Å². The molecule has 178 valence electrons. The first-order valence-corrected chi connectivity index (χ1v) is 12.4. The van der Waals surface area contributed by atoms with Crippen LogP contribution in [0.25, 0.3) is 0 Å². The van der Waals surface area contributed by atoms with Gasteiger partial charge in [-0.05, 0) is 37.8 Å². The Morgan fingerprint density at radius 2 is 1.70 bits per heavy atom. The van der Waals surface area contributed by atoms with E-state index in [4.69, 9.17) is 9.47 Å². The number of rotatable bonds is 4. The average molecular weight is 456 g/mol. The molecule has 0 bridgehead atoms. The molecule has 3 heterocycles. The van der Waals surface area contributed by atoms with Crippen LogP contribution in [0, 0.1) is 11.8 Å². The lowest BCUT2D eigenvalue weighted by molar-refractivity contribution is -0.139. The maximum Gasteiger partial charge on any atom is 0.228 e. The minimum absolute atomic E-state index is 0.0152. The van der Waals surface area contributed by atoms with Crippen molar-refractivity contribution in [1.82, 2.24) is 10.2 Å². The molecule has 0 radical (unpaired) electrons. The van der Waals surface area contributed by atoms with Gasteiger partial charge in [0.1, 0.15) is 13.2 Å². The van der Waals surface area contributed by atoms with Gasteiger partial charge in [-0.2, -0.15) is 0 Å². The first-order chi connectivity index (χ1) is 16.1. The molecule has 3 fully saturated rings. The highest BCUT2D eigenvalue weighted by atomic mass is 16.6. The highest BCUT2D eigenvalue weighted by Crippen LogP contribution is 2.36. The van der Waals surface area contributed by atoms with Crippen LogP contribution in [-0.2, 0) is 14.4 Å². The molecule has 2 unspecified atom stereocenters. The van der Waals surface area contributed by atoms with E-state index in [-0.39, 0.29) is 42.0 Å². The van der Waals surface area contributed by atoms with Crippen LogP contribution >= 0.6 is 0 Å². The van der Waals surface area contributed by atoms with Crippen LogP contribution in [0.2, 0.25) is 0 Å². The summed E-state index contributed by atoms with van der Waals surface area (Å²) in [6, 6.07) is 5.74. The SMILES string of the molecule is O=C(NC1CCCCC1)C1CCCN(C(=O)C2CC(=O)N(c3ccc4c(c3)OCCO4)C2)C1. The number of nitrogens with one attached hydrogen (secondary N) is 1. The van der Waals surface area contributed by atoms with E-state index in [9.17, 15) is 14.4 Å². The number of fused-ring (bicyclic) bond motifs is 1. The van der Waals surface area contributed by atoms with Crippen LogP contribution in [0.4, 0.5) is 5.69 Å². The van der Waals surface area contributed by atoms with Gasteiger partial charge < -0.3 is 24.6 Å². The van der Waals surface area contributed by atoms with Gasteiger partial charge in [0.25, 0.3) is 0 Å². The van der Waals surface area contributed by atoms with Crippen molar-refractivity contribution in [2.75, 3.05) is 37.7 Å². The van der Waals surface area contributed by atoms with E-state index in [0.717, 1.165) is 31.4 Å². The molecular formula is C25H33N3O5. The quantitative estimate of drug-likeness (QED) is 0.754. The number of likely N-dealkylation sites (tertiary alicyclic amines) is 1. The standard InChI is InChI=1S/C25H33N3O5/c29-23-13-18(16-28(23)20-8-9-21-22(14-20)33-12-11-32-21)25(31)27-10-4-5-17(15-27)24(30)26-19-6-2-1-3-7-19/h8-9,14,17-19H,1-7,10-13,15-16H2,(H,26,30). The van der Waals surface area contributed by atoms with Gasteiger partial charge in [-0.1, -0.05) is 19.3 Å². The van der Waals surface area contributed by atoms with E-state index in [2.05, 4.69) is 5.32 Å². The Labute approximate surface area is 194 Å². The molecule has 3 aliphatic heterocycles. The summed E-state index contributed by atoms with van der Waals surface area (Å²) in [5.74, 6) is 0.771. The number of carbonyl (C=O) groups excluding carboxylic acids is 3. The van der Waals surface area contributed by atoms with E-state index in [0.29, 0.717) is 44.3 Å². The highest BCUT2D eigenvalue weighted by Gasteiger charge is 2.39. The molecule has 1 aromatic carbocycles. The first kappa shape index (κ1) is 22.0. The van der Waals surface area contributed by atoms with Gasteiger partial charge in [-0.15, -0.1) is 0 Å². The Hall–Kier alpha value is -2.77. The number of nitrogens with zero attached hydrogens (tertiary/aromatic N) is 2. The van der Waals surface area contributed by atoms with Crippen molar-refractivity contribution in [1.29, 1.82) is 0 Å². The Bertz CT molecular complexity index is 913. The fourth-order valence-electron chi connectivity index (χ4n) is 5.54. The molecule has 33 heavy (non-hydrogen) atoms. The third-order valence-corrected chi connectivity index (χ3v) is 7.37. The average Bonchev–Trinajstić information content (AvgIpc) is 3.25. The fraction of sp³-hybridized carbons (Fsp3) is 0.640. The number of benzene rings is 1. The van der Waals surface area contributed by atoms with Gasteiger partial charge in [0, 0.05) is 43.9 Å². The van der Waals surface area contributed by atoms with Crippen molar-refractivity contribution in [2.45, 2.75) is 57.4 Å². The zero-order chi connectivity index (χ0) is 22.8. The fourth-order valence-corrected chi connectivity index (χ4v) is 5.54. The van der Waals surface area contributed by atoms with Crippen LogP contribution in [0.5, 0.6) is 11.5 Å².